The highest BCUT2D eigenvalue weighted by Gasteiger charge is 2.12. The highest BCUT2D eigenvalue weighted by molar-refractivity contribution is 7.99. The lowest BCUT2D eigenvalue weighted by Crippen LogP contribution is -2.24. The predicted octanol–water partition coefficient (Wildman–Crippen LogP) is 3.63. The molecule has 1 N–H and O–H groups in total. The molecule has 2 aromatic heterocycles. The number of rotatable bonds is 6. The van der Waals surface area contributed by atoms with E-state index in [0.29, 0.717) is 17.5 Å². The molecule has 3 aromatic rings. The maximum atomic E-state index is 12.0. The molecule has 1 aromatic carbocycles. The SMILES string of the molecule is Cc1ccccc1-c1nc(C)c(CNC(=O)CSc2ncccn2)s1. The molecule has 0 bridgehead atoms. The van der Waals surface area contributed by atoms with Gasteiger partial charge in [-0.25, -0.2) is 15.0 Å². The molecule has 0 radical (unpaired) electrons. The first-order valence-electron chi connectivity index (χ1n) is 7.82. The standard InChI is InChI=1S/C18H18N4OS2/c1-12-6-3-4-7-14(12)17-22-13(2)15(25-17)10-21-16(23)11-24-18-19-8-5-9-20-18/h3-9H,10-11H2,1-2H3,(H,21,23). The van der Waals surface area contributed by atoms with Gasteiger partial charge < -0.3 is 5.32 Å². The molecule has 128 valence electrons. The number of thioether (sulfide) groups is 1. The third-order valence-electron chi connectivity index (χ3n) is 3.59. The van der Waals surface area contributed by atoms with Gasteiger partial charge in [0.15, 0.2) is 5.16 Å². The number of benzene rings is 1. The van der Waals surface area contributed by atoms with E-state index in [-0.39, 0.29) is 5.91 Å². The van der Waals surface area contributed by atoms with Crippen LogP contribution < -0.4 is 5.32 Å². The van der Waals surface area contributed by atoms with Crippen LogP contribution in [0.15, 0.2) is 47.9 Å². The summed E-state index contributed by atoms with van der Waals surface area (Å²) in [5.74, 6) is 0.259. The van der Waals surface area contributed by atoms with Crippen LogP contribution in [0.25, 0.3) is 10.6 Å². The summed E-state index contributed by atoms with van der Waals surface area (Å²) >= 11 is 2.95. The molecule has 0 aliphatic heterocycles. The summed E-state index contributed by atoms with van der Waals surface area (Å²) in [6, 6.07) is 9.95. The molecule has 25 heavy (non-hydrogen) atoms. The van der Waals surface area contributed by atoms with E-state index in [9.17, 15) is 4.79 Å². The molecule has 0 fully saturated rings. The summed E-state index contributed by atoms with van der Waals surface area (Å²) in [5.41, 5.74) is 3.30. The van der Waals surface area contributed by atoms with Crippen LogP contribution in [-0.2, 0) is 11.3 Å². The van der Waals surface area contributed by atoms with Crippen molar-refractivity contribution in [3.8, 4) is 10.6 Å². The van der Waals surface area contributed by atoms with E-state index >= 15 is 0 Å². The normalized spacial score (nSPS) is 10.6. The molecule has 5 nitrogen and oxygen atoms in total. The Morgan fingerprint density at radius 1 is 1.16 bits per heavy atom. The number of nitrogens with zero attached hydrogens (tertiary/aromatic N) is 3. The zero-order chi connectivity index (χ0) is 17.6. The zero-order valence-electron chi connectivity index (χ0n) is 14.0. The van der Waals surface area contributed by atoms with Crippen molar-refractivity contribution in [3.63, 3.8) is 0 Å². The van der Waals surface area contributed by atoms with Crippen molar-refractivity contribution in [2.75, 3.05) is 5.75 Å². The van der Waals surface area contributed by atoms with Crippen molar-refractivity contribution in [2.45, 2.75) is 25.5 Å². The van der Waals surface area contributed by atoms with Gasteiger partial charge >= 0.3 is 0 Å². The predicted molar refractivity (Wildman–Crippen MR) is 102 cm³/mol. The third-order valence-corrected chi connectivity index (χ3v) is 5.65. The number of thiazole rings is 1. The fourth-order valence-electron chi connectivity index (χ4n) is 2.24. The second-order valence-corrected chi connectivity index (χ2v) is 7.47. The van der Waals surface area contributed by atoms with Crippen molar-refractivity contribution in [2.24, 2.45) is 0 Å². The van der Waals surface area contributed by atoms with Gasteiger partial charge in [-0.05, 0) is 25.5 Å². The van der Waals surface area contributed by atoms with E-state index in [0.717, 1.165) is 21.1 Å². The molecular weight excluding hydrogens is 352 g/mol. The Hall–Kier alpha value is -2.25. The number of nitrogens with one attached hydrogen (secondary N) is 1. The van der Waals surface area contributed by atoms with Gasteiger partial charge in [0.1, 0.15) is 5.01 Å². The van der Waals surface area contributed by atoms with Crippen LogP contribution in [0.1, 0.15) is 16.1 Å². The van der Waals surface area contributed by atoms with Gasteiger partial charge in [0.05, 0.1) is 18.0 Å². The van der Waals surface area contributed by atoms with Crippen LogP contribution >= 0.6 is 23.1 Å². The maximum Gasteiger partial charge on any atom is 0.230 e. The smallest absolute Gasteiger partial charge is 0.230 e. The average molecular weight is 371 g/mol. The van der Waals surface area contributed by atoms with E-state index < -0.39 is 0 Å². The maximum absolute atomic E-state index is 12.0. The topological polar surface area (TPSA) is 67.8 Å². The Labute approximate surface area is 155 Å². The molecule has 0 saturated carbocycles. The minimum atomic E-state index is -0.0392. The third kappa shape index (κ3) is 4.64. The quantitative estimate of drug-likeness (QED) is 0.530. The van der Waals surface area contributed by atoms with Crippen LogP contribution in [0.3, 0.4) is 0 Å². The molecule has 3 rings (SSSR count). The molecule has 7 heteroatoms. The van der Waals surface area contributed by atoms with Crippen LogP contribution in [0.5, 0.6) is 0 Å². The summed E-state index contributed by atoms with van der Waals surface area (Å²) in [4.78, 5) is 25.9. The second-order valence-electron chi connectivity index (χ2n) is 5.44. The molecule has 0 atom stereocenters. The Morgan fingerprint density at radius 2 is 1.92 bits per heavy atom. The molecule has 0 spiro atoms. The number of carbonyl (C=O) groups is 1. The summed E-state index contributed by atoms with van der Waals surface area (Å²) in [6.07, 6.45) is 3.34. The molecule has 0 aliphatic carbocycles. The Kier molecular flexibility index (Phi) is 5.78. The zero-order valence-corrected chi connectivity index (χ0v) is 15.7. The van der Waals surface area contributed by atoms with Gasteiger partial charge in [-0.1, -0.05) is 36.0 Å². The van der Waals surface area contributed by atoms with Crippen LogP contribution in [0.2, 0.25) is 0 Å². The van der Waals surface area contributed by atoms with Gasteiger partial charge in [-0.2, -0.15) is 0 Å². The molecule has 1 amide bonds. The van der Waals surface area contributed by atoms with Crippen molar-refractivity contribution in [1.29, 1.82) is 0 Å². The number of hydrogen-bond donors (Lipinski definition) is 1. The lowest BCUT2D eigenvalue weighted by atomic mass is 10.1. The monoisotopic (exact) mass is 370 g/mol. The first kappa shape index (κ1) is 17.6. The van der Waals surface area contributed by atoms with Crippen LogP contribution in [0, 0.1) is 13.8 Å². The van der Waals surface area contributed by atoms with E-state index in [4.69, 9.17) is 0 Å². The Morgan fingerprint density at radius 3 is 2.68 bits per heavy atom. The van der Waals surface area contributed by atoms with Gasteiger partial charge in [0.2, 0.25) is 5.91 Å². The van der Waals surface area contributed by atoms with E-state index in [1.807, 2.05) is 19.1 Å². The van der Waals surface area contributed by atoms with Crippen molar-refractivity contribution < 1.29 is 4.79 Å². The van der Waals surface area contributed by atoms with Crippen LogP contribution in [0.4, 0.5) is 0 Å². The first-order valence-corrected chi connectivity index (χ1v) is 9.62. The van der Waals surface area contributed by atoms with Crippen molar-refractivity contribution >= 4 is 29.0 Å². The number of carbonyl (C=O) groups excluding carboxylic acids is 1. The number of amides is 1. The van der Waals surface area contributed by atoms with Crippen LogP contribution in [-0.4, -0.2) is 26.6 Å². The fourth-order valence-corrected chi connectivity index (χ4v) is 3.97. The van der Waals surface area contributed by atoms with Crippen molar-refractivity contribution in [1.82, 2.24) is 20.3 Å². The highest BCUT2D eigenvalue weighted by atomic mass is 32.2. The molecular formula is C18H18N4OS2. The largest absolute Gasteiger partial charge is 0.350 e. The molecule has 0 saturated heterocycles. The van der Waals surface area contributed by atoms with Gasteiger partial charge in [0.25, 0.3) is 0 Å². The summed E-state index contributed by atoms with van der Waals surface area (Å²) < 4.78 is 0. The number of aryl methyl sites for hydroxylation is 2. The lowest BCUT2D eigenvalue weighted by molar-refractivity contribution is -0.118. The van der Waals surface area contributed by atoms with E-state index in [1.165, 1.54) is 17.3 Å². The van der Waals surface area contributed by atoms with Crippen molar-refractivity contribution in [3.05, 3.63) is 58.9 Å². The Bertz CT molecular complexity index is 865. The minimum absolute atomic E-state index is 0.0392. The van der Waals surface area contributed by atoms with E-state index in [1.54, 1.807) is 29.8 Å². The summed E-state index contributed by atoms with van der Waals surface area (Å²) in [7, 11) is 0. The highest BCUT2D eigenvalue weighted by Crippen LogP contribution is 2.30. The summed E-state index contributed by atoms with van der Waals surface area (Å²) in [5, 5.41) is 4.54. The fraction of sp³-hybridized carbons (Fsp3) is 0.222. The second kappa shape index (κ2) is 8.22. The van der Waals surface area contributed by atoms with E-state index in [2.05, 4.69) is 39.3 Å². The van der Waals surface area contributed by atoms with Gasteiger partial charge in [0, 0.05) is 22.8 Å². The lowest BCUT2D eigenvalue weighted by Gasteiger charge is -2.03. The Balaban J connectivity index is 1.58. The number of hydrogen-bond acceptors (Lipinski definition) is 6. The first-order chi connectivity index (χ1) is 12.1. The number of aromatic nitrogens is 3. The molecule has 0 unspecified atom stereocenters. The molecule has 2 heterocycles. The summed E-state index contributed by atoms with van der Waals surface area (Å²) in [6.45, 7) is 4.55. The van der Waals surface area contributed by atoms with Gasteiger partial charge in [-0.3, -0.25) is 4.79 Å². The van der Waals surface area contributed by atoms with Gasteiger partial charge in [-0.15, -0.1) is 11.3 Å². The minimum Gasteiger partial charge on any atom is -0.350 e. The molecule has 0 aliphatic rings. The average Bonchev–Trinajstić information content (AvgIpc) is 3.00.